The van der Waals surface area contributed by atoms with E-state index >= 15 is 0 Å². The van der Waals surface area contributed by atoms with E-state index in [4.69, 9.17) is 5.11 Å². The molecule has 0 saturated heterocycles. The molecule has 3 aromatic rings. The van der Waals surface area contributed by atoms with E-state index in [9.17, 15) is 4.79 Å². The number of aryl methyl sites for hydroxylation is 1. The van der Waals surface area contributed by atoms with E-state index in [0.29, 0.717) is 0 Å². The zero-order valence-corrected chi connectivity index (χ0v) is 11.2. The minimum atomic E-state index is -0.819. The fourth-order valence-corrected chi connectivity index (χ4v) is 3.69. The van der Waals surface area contributed by atoms with Crippen molar-refractivity contribution in [2.24, 2.45) is 0 Å². The third-order valence-electron chi connectivity index (χ3n) is 2.75. The van der Waals surface area contributed by atoms with Crippen molar-refractivity contribution in [1.29, 1.82) is 0 Å². The SMILES string of the molecule is Cc1c(-c2cccs2)nc2scc(CC(=O)O)n12. The Labute approximate surface area is 111 Å². The monoisotopic (exact) mass is 278 g/mol. The number of imidazole rings is 1. The Morgan fingerprint density at radius 1 is 1.50 bits per heavy atom. The Balaban J connectivity index is 2.18. The van der Waals surface area contributed by atoms with Gasteiger partial charge in [-0.15, -0.1) is 22.7 Å². The molecule has 0 radical (unpaired) electrons. The summed E-state index contributed by atoms with van der Waals surface area (Å²) in [5, 5.41) is 12.8. The molecule has 92 valence electrons. The van der Waals surface area contributed by atoms with E-state index in [1.807, 2.05) is 34.2 Å². The van der Waals surface area contributed by atoms with Crippen molar-refractivity contribution in [2.75, 3.05) is 0 Å². The van der Waals surface area contributed by atoms with Gasteiger partial charge >= 0.3 is 5.97 Å². The van der Waals surface area contributed by atoms with Crippen molar-refractivity contribution in [2.45, 2.75) is 13.3 Å². The van der Waals surface area contributed by atoms with Crippen LogP contribution in [0.4, 0.5) is 0 Å². The number of thiophene rings is 1. The second-order valence-corrected chi connectivity index (χ2v) is 5.72. The highest BCUT2D eigenvalue weighted by molar-refractivity contribution is 7.15. The van der Waals surface area contributed by atoms with Crippen molar-refractivity contribution >= 4 is 33.6 Å². The van der Waals surface area contributed by atoms with Crippen LogP contribution in [0.1, 0.15) is 11.4 Å². The molecule has 0 aromatic carbocycles. The first-order valence-corrected chi connectivity index (χ1v) is 7.14. The molecule has 3 aromatic heterocycles. The van der Waals surface area contributed by atoms with Crippen LogP contribution < -0.4 is 0 Å². The van der Waals surface area contributed by atoms with Crippen LogP contribution in [0.15, 0.2) is 22.9 Å². The van der Waals surface area contributed by atoms with Gasteiger partial charge in [0.1, 0.15) is 5.69 Å². The predicted octanol–water partition coefficient (Wildman–Crippen LogP) is 3.06. The number of rotatable bonds is 3. The highest BCUT2D eigenvalue weighted by Crippen LogP contribution is 2.30. The number of fused-ring (bicyclic) bond motifs is 1. The third-order valence-corrected chi connectivity index (χ3v) is 4.50. The van der Waals surface area contributed by atoms with Gasteiger partial charge in [0.2, 0.25) is 0 Å². The molecule has 3 heterocycles. The molecule has 0 unspecified atom stereocenters. The molecule has 0 aliphatic carbocycles. The molecule has 0 atom stereocenters. The predicted molar refractivity (Wildman–Crippen MR) is 72.5 cm³/mol. The molecular formula is C12H10N2O2S2. The van der Waals surface area contributed by atoms with Crippen LogP contribution in [0.5, 0.6) is 0 Å². The molecule has 0 amide bonds. The Hall–Kier alpha value is -1.66. The Morgan fingerprint density at radius 2 is 2.33 bits per heavy atom. The van der Waals surface area contributed by atoms with Gasteiger partial charge in [-0.2, -0.15) is 0 Å². The number of hydrogen-bond donors (Lipinski definition) is 1. The van der Waals surface area contributed by atoms with Gasteiger partial charge < -0.3 is 5.11 Å². The summed E-state index contributed by atoms with van der Waals surface area (Å²) in [6.07, 6.45) is 0.0288. The lowest BCUT2D eigenvalue weighted by molar-refractivity contribution is -0.136. The standard InChI is InChI=1S/C12H10N2O2S2/c1-7-11(9-3-2-4-17-9)13-12-14(7)8(6-18-12)5-10(15)16/h2-4,6H,5H2,1H3,(H,15,16). The fourth-order valence-electron chi connectivity index (χ4n) is 1.99. The molecule has 0 saturated carbocycles. The summed E-state index contributed by atoms with van der Waals surface area (Å²) in [5.41, 5.74) is 2.74. The summed E-state index contributed by atoms with van der Waals surface area (Å²) in [6, 6.07) is 4.02. The summed E-state index contributed by atoms with van der Waals surface area (Å²) in [4.78, 5) is 17.4. The van der Waals surface area contributed by atoms with Gasteiger partial charge in [0.25, 0.3) is 0 Å². The van der Waals surface area contributed by atoms with Gasteiger partial charge in [0.05, 0.1) is 11.3 Å². The quantitative estimate of drug-likeness (QED) is 0.801. The number of aromatic nitrogens is 2. The van der Waals surface area contributed by atoms with E-state index in [0.717, 1.165) is 26.9 Å². The third kappa shape index (κ3) is 1.74. The first kappa shape index (κ1) is 11.4. The molecule has 0 aliphatic heterocycles. The number of thiazole rings is 1. The zero-order valence-electron chi connectivity index (χ0n) is 9.58. The molecule has 0 spiro atoms. The molecule has 3 rings (SSSR count). The minimum Gasteiger partial charge on any atom is -0.481 e. The number of aliphatic carboxylic acids is 1. The molecular weight excluding hydrogens is 268 g/mol. The van der Waals surface area contributed by atoms with Gasteiger partial charge in [-0.25, -0.2) is 4.98 Å². The maximum Gasteiger partial charge on any atom is 0.309 e. The molecule has 6 heteroatoms. The molecule has 0 fully saturated rings. The molecule has 0 aliphatic rings. The number of carboxylic acids is 1. The van der Waals surface area contributed by atoms with E-state index in [1.54, 1.807) is 11.3 Å². The normalized spacial score (nSPS) is 11.2. The van der Waals surface area contributed by atoms with E-state index < -0.39 is 5.97 Å². The van der Waals surface area contributed by atoms with E-state index in [-0.39, 0.29) is 6.42 Å². The van der Waals surface area contributed by atoms with Crippen molar-refractivity contribution in [3.63, 3.8) is 0 Å². The van der Waals surface area contributed by atoms with Crippen molar-refractivity contribution in [3.05, 3.63) is 34.3 Å². The number of hydrogen-bond acceptors (Lipinski definition) is 4. The minimum absolute atomic E-state index is 0.0288. The Kier molecular flexibility index (Phi) is 2.68. The average molecular weight is 278 g/mol. The van der Waals surface area contributed by atoms with Gasteiger partial charge in [-0.1, -0.05) is 6.07 Å². The van der Waals surface area contributed by atoms with Crippen LogP contribution in [-0.2, 0) is 11.2 Å². The Morgan fingerprint density at radius 3 is 3.00 bits per heavy atom. The Bertz CT molecular complexity index is 710. The van der Waals surface area contributed by atoms with Crippen LogP contribution in [0.3, 0.4) is 0 Å². The highest BCUT2D eigenvalue weighted by atomic mass is 32.1. The van der Waals surface area contributed by atoms with Crippen LogP contribution in [0.2, 0.25) is 0 Å². The molecule has 4 nitrogen and oxygen atoms in total. The van der Waals surface area contributed by atoms with Gasteiger partial charge in [-0.3, -0.25) is 9.20 Å². The lowest BCUT2D eigenvalue weighted by atomic mass is 10.3. The molecule has 18 heavy (non-hydrogen) atoms. The number of nitrogens with zero attached hydrogens (tertiary/aromatic N) is 2. The smallest absolute Gasteiger partial charge is 0.309 e. The summed E-state index contributed by atoms with van der Waals surface area (Å²) < 4.78 is 1.94. The second-order valence-electron chi connectivity index (χ2n) is 3.94. The van der Waals surface area contributed by atoms with Crippen molar-refractivity contribution < 1.29 is 9.90 Å². The van der Waals surface area contributed by atoms with E-state index in [2.05, 4.69) is 4.98 Å². The second kappa shape index (κ2) is 4.22. The zero-order chi connectivity index (χ0) is 12.7. The van der Waals surface area contributed by atoms with Crippen molar-refractivity contribution in [3.8, 4) is 10.6 Å². The first-order chi connectivity index (χ1) is 8.66. The molecule has 1 N–H and O–H groups in total. The van der Waals surface area contributed by atoms with E-state index in [1.165, 1.54) is 11.3 Å². The van der Waals surface area contributed by atoms with Crippen molar-refractivity contribution in [1.82, 2.24) is 9.38 Å². The first-order valence-electron chi connectivity index (χ1n) is 5.38. The highest BCUT2D eigenvalue weighted by Gasteiger charge is 2.16. The maximum absolute atomic E-state index is 10.8. The van der Waals surface area contributed by atoms with Crippen LogP contribution in [-0.4, -0.2) is 20.5 Å². The molecule has 0 bridgehead atoms. The van der Waals surface area contributed by atoms with Crippen LogP contribution in [0.25, 0.3) is 15.5 Å². The summed E-state index contributed by atoms with van der Waals surface area (Å²) >= 11 is 3.12. The number of carboxylic acid groups (broad SMARTS) is 1. The van der Waals surface area contributed by atoms with Gasteiger partial charge in [0.15, 0.2) is 4.96 Å². The topological polar surface area (TPSA) is 54.6 Å². The summed E-state index contributed by atoms with van der Waals surface area (Å²) in [6.45, 7) is 1.98. The van der Waals surface area contributed by atoms with Gasteiger partial charge in [0, 0.05) is 16.8 Å². The average Bonchev–Trinajstić information content (AvgIpc) is 2.97. The summed E-state index contributed by atoms with van der Waals surface area (Å²) in [5.74, 6) is -0.819. The van der Waals surface area contributed by atoms with Crippen LogP contribution in [0, 0.1) is 6.92 Å². The lowest BCUT2D eigenvalue weighted by Gasteiger charge is -1.98. The lowest BCUT2D eigenvalue weighted by Crippen LogP contribution is -2.03. The fraction of sp³-hybridized carbons (Fsp3) is 0.167. The largest absolute Gasteiger partial charge is 0.481 e. The summed E-state index contributed by atoms with van der Waals surface area (Å²) in [7, 11) is 0. The maximum atomic E-state index is 10.8. The number of carbonyl (C=O) groups is 1. The van der Waals surface area contributed by atoms with Gasteiger partial charge in [-0.05, 0) is 18.4 Å². The van der Waals surface area contributed by atoms with Crippen LogP contribution >= 0.6 is 22.7 Å².